The maximum atomic E-state index is 5.40. The summed E-state index contributed by atoms with van der Waals surface area (Å²) in [5.41, 5.74) is 6.97. The van der Waals surface area contributed by atoms with Crippen LogP contribution >= 0.6 is 11.8 Å². The van der Waals surface area contributed by atoms with E-state index in [1.165, 1.54) is 0 Å². The van der Waals surface area contributed by atoms with Crippen LogP contribution in [0.25, 0.3) is 11.0 Å². The quantitative estimate of drug-likeness (QED) is 0.690. The van der Waals surface area contributed by atoms with E-state index in [0.717, 1.165) is 15.9 Å². The Labute approximate surface area is 79.6 Å². The molecule has 1 aromatic heterocycles. The molecule has 0 amide bonds. The molecule has 2 aromatic rings. The van der Waals surface area contributed by atoms with Crippen molar-refractivity contribution in [2.75, 3.05) is 12.0 Å². The number of nitrogen functional groups attached to an aromatic ring is 1. The van der Waals surface area contributed by atoms with E-state index in [1.54, 1.807) is 11.8 Å². The number of hydrogen-bond acceptors (Lipinski definition) is 5. The van der Waals surface area contributed by atoms with Crippen LogP contribution in [0.2, 0.25) is 0 Å². The van der Waals surface area contributed by atoms with Gasteiger partial charge >= 0.3 is 0 Å². The van der Waals surface area contributed by atoms with Crippen LogP contribution in [0.5, 0.6) is 0 Å². The monoisotopic (exact) mass is 192 g/mol. The molecule has 0 aliphatic heterocycles. The largest absolute Gasteiger partial charge is 0.366 e. The Morgan fingerprint density at radius 1 is 1.23 bits per heavy atom. The molecular weight excluding hydrogens is 184 g/mol. The zero-order valence-electron chi connectivity index (χ0n) is 7.06. The summed E-state index contributed by atoms with van der Waals surface area (Å²) >= 11 is 1.66. The van der Waals surface area contributed by atoms with Crippen molar-refractivity contribution in [3.05, 3.63) is 18.2 Å². The minimum absolute atomic E-state index is 0.212. The van der Waals surface area contributed by atoms with Gasteiger partial charge in [0.05, 0.1) is 5.52 Å². The summed E-state index contributed by atoms with van der Waals surface area (Å²) in [6, 6.07) is 5.83. The van der Waals surface area contributed by atoms with Gasteiger partial charge in [-0.1, -0.05) is 0 Å². The molecule has 0 saturated carbocycles. The number of nitrogens with two attached hydrogens (primary N) is 1. The van der Waals surface area contributed by atoms with Gasteiger partial charge in [-0.2, -0.15) is 0 Å². The fourth-order valence-corrected chi connectivity index (χ4v) is 1.49. The molecule has 0 spiro atoms. The first-order valence-corrected chi connectivity index (χ1v) is 4.96. The van der Waals surface area contributed by atoms with Gasteiger partial charge in [-0.25, -0.2) is 4.98 Å². The van der Waals surface area contributed by atoms with Gasteiger partial charge in [0.15, 0.2) is 0 Å². The zero-order valence-corrected chi connectivity index (χ0v) is 7.88. The van der Waals surface area contributed by atoms with Crippen molar-refractivity contribution in [1.82, 2.24) is 15.2 Å². The van der Waals surface area contributed by atoms with Crippen LogP contribution in [0.4, 0.5) is 5.95 Å². The molecule has 2 rings (SSSR count). The highest BCUT2D eigenvalue weighted by molar-refractivity contribution is 7.98. The highest BCUT2D eigenvalue weighted by atomic mass is 32.2. The third-order valence-electron chi connectivity index (χ3n) is 1.68. The van der Waals surface area contributed by atoms with Gasteiger partial charge in [-0.3, -0.25) is 0 Å². The van der Waals surface area contributed by atoms with Gasteiger partial charge in [0.2, 0.25) is 5.95 Å². The van der Waals surface area contributed by atoms with E-state index >= 15 is 0 Å². The minimum atomic E-state index is 0.212. The molecule has 2 N–H and O–H groups in total. The van der Waals surface area contributed by atoms with Gasteiger partial charge in [0.1, 0.15) is 5.52 Å². The molecule has 4 nitrogen and oxygen atoms in total. The first-order chi connectivity index (χ1) is 6.29. The summed E-state index contributed by atoms with van der Waals surface area (Å²) in [6.45, 7) is 0. The maximum absolute atomic E-state index is 5.40. The second-order valence-electron chi connectivity index (χ2n) is 2.52. The average molecular weight is 192 g/mol. The SMILES string of the molecule is CSc1ccc2nc(N)nnc2c1. The molecule has 66 valence electrons. The molecule has 0 saturated heterocycles. The fourth-order valence-electron chi connectivity index (χ4n) is 1.06. The number of hydrogen-bond donors (Lipinski definition) is 1. The van der Waals surface area contributed by atoms with Gasteiger partial charge in [-0.15, -0.1) is 22.0 Å². The van der Waals surface area contributed by atoms with E-state index in [0.29, 0.717) is 0 Å². The van der Waals surface area contributed by atoms with Crippen molar-refractivity contribution >= 4 is 28.7 Å². The van der Waals surface area contributed by atoms with Crippen LogP contribution in [0.1, 0.15) is 0 Å². The van der Waals surface area contributed by atoms with Crippen LogP contribution < -0.4 is 5.73 Å². The van der Waals surface area contributed by atoms with Crippen molar-refractivity contribution in [3.8, 4) is 0 Å². The number of thioether (sulfide) groups is 1. The Hall–Kier alpha value is -1.36. The highest BCUT2D eigenvalue weighted by Gasteiger charge is 1.99. The van der Waals surface area contributed by atoms with Crippen LogP contribution in [-0.2, 0) is 0 Å². The van der Waals surface area contributed by atoms with Crippen molar-refractivity contribution in [3.63, 3.8) is 0 Å². The van der Waals surface area contributed by atoms with Gasteiger partial charge < -0.3 is 5.73 Å². The lowest BCUT2D eigenvalue weighted by atomic mass is 10.3. The Balaban J connectivity index is 2.66. The van der Waals surface area contributed by atoms with Crippen LogP contribution in [0.15, 0.2) is 23.1 Å². The first-order valence-electron chi connectivity index (χ1n) is 3.73. The summed E-state index contributed by atoms with van der Waals surface area (Å²) in [5.74, 6) is 0.212. The summed E-state index contributed by atoms with van der Waals surface area (Å²) in [6.07, 6.45) is 2.01. The molecule has 5 heteroatoms. The molecule has 0 aliphatic rings. The predicted octanol–water partition coefficient (Wildman–Crippen LogP) is 1.33. The average Bonchev–Trinajstić information content (AvgIpc) is 2.17. The van der Waals surface area contributed by atoms with E-state index in [2.05, 4.69) is 15.2 Å². The predicted molar refractivity (Wildman–Crippen MR) is 53.5 cm³/mol. The third-order valence-corrected chi connectivity index (χ3v) is 2.40. The normalized spacial score (nSPS) is 10.5. The van der Waals surface area contributed by atoms with E-state index in [4.69, 9.17) is 5.73 Å². The zero-order chi connectivity index (χ0) is 9.26. The summed E-state index contributed by atoms with van der Waals surface area (Å²) in [5, 5.41) is 7.63. The molecular formula is C8H8N4S. The lowest BCUT2D eigenvalue weighted by molar-refractivity contribution is 1.04. The summed E-state index contributed by atoms with van der Waals surface area (Å²) < 4.78 is 0. The van der Waals surface area contributed by atoms with E-state index < -0.39 is 0 Å². The van der Waals surface area contributed by atoms with E-state index in [-0.39, 0.29) is 5.95 Å². The van der Waals surface area contributed by atoms with Gasteiger partial charge in [0, 0.05) is 4.90 Å². The third kappa shape index (κ3) is 1.55. The van der Waals surface area contributed by atoms with E-state index in [1.807, 2.05) is 24.5 Å². The molecule has 0 unspecified atom stereocenters. The van der Waals surface area contributed by atoms with Gasteiger partial charge in [0.25, 0.3) is 0 Å². The lowest BCUT2D eigenvalue weighted by Gasteiger charge is -1.98. The fraction of sp³-hybridized carbons (Fsp3) is 0.125. The second-order valence-corrected chi connectivity index (χ2v) is 3.40. The van der Waals surface area contributed by atoms with Crippen LogP contribution in [-0.4, -0.2) is 21.4 Å². The topological polar surface area (TPSA) is 64.7 Å². The number of nitrogens with zero attached hydrogens (tertiary/aromatic N) is 3. The van der Waals surface area contributed by atoms with Crippen molar-refractivity contribution < 1.29 is 0 Å². The van der Waals surface area contributed by atoms with Crippen LogP contribution in [0.3, 0.4) is 0 Å². The molecule has 1 aromatic carbocycles. The Bertz CT molecular complexity index is 443. The molecule has 0 radical (unpaired) electrons. The van der Waals surface area contributed by atoms with Crippen LogP contribution in [0, 0.1) is 0 Å². The number of anilines is 1. The van der Waals surface area contributed by atoms with Crippen molar-refractivity contribution in [2.45, 2.75) is 4.90 Å². The standard InChI is InChI=1S/C8H8N4S/c1-13-5-2-3-6-7(4-5)11-12-8(9)10-6/h2-4H,1H3,(H2,9,10,12). The number of rotatable bonds is 1. The van der Waals surface area contributed by atoms with Gasteiger partial charge in [-0.05, 0) is 24.5 Å². The van der Waals surface area contributed by atoms with Crippen molar-refractivity contribution in [2.24, 2.45) is 0 Å². The Morgan fingerprint density at radius 3 is 2.85 bits per heavy atom. The first kappa shape index (κ1) is 8.25. The molecule has 0 bridgehead atoms. The second kappa shape index (κ2) is 3.18. The molecule has 1 heterocycles. The van der Waals surface area contributed by atoms with Crippen molar-refractivity contribution in [1.29, 1.82) is 0 Å². The number of fused-ring (bicyclic) bond motifs is 1. The van der Waals surface area contributed by atoms with E-state index in [9.17, 15) is 0 Å². The Kier molecular flexibility index (Phi) is 2.02. The molecule has 0 atom stereocenters. The number of aromatic nitrogens is 3. The summed E-state index contributed by atoms with van der Waals surface area (Å²) in [4.78, 5) is 5.19. The maximum Gasteiger partial charge on any atom is 0.240 e. The Morgan fingerprint density at radius 2 is 2.08 bits per heavy atom. The smallest absolute Gasteiger partial charge is 0.240 e. The molecule has 0 aliphatic carbocycles. The highest BCUT2D eigenvalue weighted by Crippen LogP contribution is 2.18. The summed E-state index contributed by atoms with van der Waals surface area (Å²) in [7, 11) is 0. The molecule has 13 heavy (non-hydrogen) atoms. The number of benzene rings is 1. The minimum Gasteiger partial charge on any atom is -0.366 e. The lowest BCUT2D eigenvalue weighted by Crippen LogP contribution is -1.97. The molecule has 0 fully saturated rings.